The molecule has 0 atom stereocenters. The number of ether oxygens (including phenoxy) is 1. The van der Waals surface area contributed by atoms with Crippen molar-refractivity contribution in [3.8, 4) is 17.1 Å². The fourth-order valence-corrected chi connectivity index (χ4v) is 4.61. The molecule has 0 unspecified atom stereocenters. The standard InChI is InChI=1S/C22H23BrN4O2S/c1-15-11-16(2)13-19(12-15)27-21(17-3-5-18(23)6-4-17)24-25-22(27)30-14-20(28)26-7-9-29-10-8-26/h3-6,11-13H,7-10,14H2,1-2H3. The molecule has 1 amide bonds. The van der Waals surface area contributed by atoms with Crippen molar-refractivity contribution < 1.29 is 9.53 Å². The highest BCUT2D eigenvalue weighted by atomic mass is 79.9. The van der Waals surface area contributed by atoms with Crippen LogP contribution in [0.2, 0.25) is 0 Å². The van der Waals surface area contributed by atoms with Gasteiger partial charge >= 0.3 is 0 Å². The van der Waals surface area contributed by atoms with Crippen molar-refractivity contribution in [3.05, 3.63) is 58.1 Å². The summed E-state index contributed by atoms with van der Waals surface area (Å²) in [6, 6.07) is 14.4. The third-order valence-corrected chi connectivity index (χ3v) is 6.33. The van der Waals surface area contributed by atoms with E-state index in [-0.39, 0.29) is 5.91 Å². The van der Waals surface area contributed by atoms with E-state index in [0.717, 1.165) is 21.5 Å². The van der Waals surface area contributed by atoms with E-state index in [0.29, 0.717) is 37.2 Å². The van der Waals surface area contributed by atoms with Crippen LogP contribution in [0.5, 0.6) is 0 Å². The van der Waals surface area contributed by atoms with Gasteiger partial charge in [0.1, 0.15) is 0 Å². The highest BCUT2D eigenvalue weighted by Crippen LogP contribution is 2.30. The van der Waals surface area contributed by atoms with Crippen LogP contribution in [0.25, 0.3) is 17.1 Å². The summed E-state index contributed by atoms with van der Waals surface area (Å²) < 4.78 is 8.39. The Morgan fingerprint density at radius 2 is 1.73 bits per heavy atom. The minimum Gasteiger partial charge on any atom is -0.378 e. The number of morpholine rings is 1. The van der Waals surface area contributed by atoms with Gasteiger partial charge in [-0.2, -0.15) is 0 Å². The summed E-state index contributed by atoms with van der Waals surface area (Å²) in [5, 5.41) is 9.62. The Morgan fingerprint density at radius 1 is 1.07 bits per heavy atom. The number of carbonyl (C=O) groups excluding carboxylic acids is 1. The summed E-state index contributed by atoms with van der Waals surface area (Å²) >= 11 is 4.91. The van der Waals surface area contributed by atoms with Crippen molar-refractivity contribution in [1.82, 2.24) is 19.7 Å². The Bertz CT molecular complexity index is 1030. The molecular formula is C22H23BrN4O2S. The molecule has 8 heteroatoms. The van der Waals surface area contributed by atoms with Gasteiger partial charge in [-0.05, 0) is 49.2 Å². The second-order valence-electron chi connectivity index (χ2n) is 7.28. The lowest BCUT2D eigenvalue weighted by atomic mass is 10.1. The van der Waals surface area contributed by atoms with Crippen LogP contribution >= 0.6 is 27.7 Å². The van der Waals surface area contributed by atoms with Gasteiger partial charge in [0, 0.05) is 23.1 Å². The maximum atomic E-state index is 12.6. The second kappa shape index (κ2) is 9.32. The van der Waals surface area contributed by atoms with Gasteiger partial charge in [-0.25, -0.2) is 0 Å². The summed E-state index contributed by atoms with van der Waals surface area (Å²) in [6.45, 7) is 6.65. The molecule has 0 aliphatic carbocycles. The van der Waals surface area contributed by atoms with Crippen LogP contribution in [0, 0.1) is 13.8 Å². The van der Waals surface area contributed by atoms with E-state index in [4.69, 9.17) is 4.74 Å². The lowest BCUT2D eigenvalue weighted by Crippen LogP contribution is -2.41. The van der Waals surface area contributed by atoms with Crippen LogP contribution in [0.4, 0.5) is 0 Å². The number of nitrogens with zero attached hydrogens (tertiary/aromatic N) is 4. The number of amides is 1. The van der Waals surface area contributed by atoms with E-state index in [1.807, 2.05) is 33.7 Å². The summed E-state index contributed by atoms with van der Waals surface area (Å²) in [7, 11) is 0. The highest BCUT2D eigenvalue weighted by molar-refractivity contribution is 9.10. The molecule has 0 spiro atoms. The first-order chi connectivity index (χ1) is 14.5. The summed E-state index contributed by atoms with van der Waals surface area (Å²) in [4.78, 5) is 14.5. The van der Waals surface area contributed by atoms with Crippen molar-refractivity contribution in [2.45, 2.75) is 19.0 Å². The zero-order chi connectivity index (χ0) is 21.1. The third-order valence-electron chi connectivity index (χ3n) is 4.89. The van der Waals surface area contributed by atoms with E-state index in [1.165, 1.54) is 22.9 Å². The molecule has 0 N–H and O–H groups in total. The minimum atomic E-state index is 0.100. The molecule has 1 fully saturated rings. The zero-order valence-electron chi connectivity index (χ0n) is 17.0. The van der Waals surface area contributed by atoms with Gasteiger partial charge in [-0.1, -0.05) is 45.9 Å². The van der Waals surface area contributed by atoms with Crippen LogP contribution in [-0.4, -0.2) is 57.6 Å². The molecule has 1 aliphatic rings. The third kappa shape index (κ3) is 4.77. The Balaban J connectivity index is 1.67. The lowest BCUT2D eigenvalue weighted by molar-refractivity contribution is -0.132. The van der Waals surface area contributed by atoms with E-state index in [1.54, 1.807) is 0 Å². The maximum absolute atomic E-state index is 12.6. The van der Waals surface area contributed by atoms with Crippen molar-refractivity contribution in [2.75, 3.05) is 32.1 Å². The molecule has 2 aromatic carbocycles. The summed E-state index contributed by atoms with van der Waals surface area (Å²) in [6.07, 6.45) is 0. The van der Waals surface area contributed by atoms with E-state index in [9.17, 15) is 4.79 Å². The molecule has 1 aromatic heterocycles. The molecule has 1 aliphatic heterocycles. The summed E-state index contributed by atoms with van der Waals surface area (Å²) in [5.74, 6) is 1.18. The largest absolute Gasteiger partial charge is 0.378 e. The van der Waals surface area contributed by atoms with Gasteiger partial charge in [0.25, 0.3) is 0 Å². The fourth-order valence-electron chi connectivity index (χ4n) is 3.49. The number of aromatic nitrogens is 3. The van der Waals surface area contributed by atoms with Crippen molar-refractivity contribution in [1.29, 1.82) is 0 Å². The average molecular weight is 487 g/mol. The fraction of sp³-hybridized carbons (Fsp3) is 0.318. The SMILES string of the molecule is Cc1cc(C)cc(-n2c(SCC(=O)N3CCOCC3)nnc2-c2ccc(Br)cc2)c1. The van der Waals surface area contributed by atoms with Crippen molar-refractivity contribution >= 4 is 33.6 Å². The molecular weight excluding hydrogens is 464 g/mol. The first-order valence-electron chi connectivity index (χ1n) is 9.79. The normalized spacial score (nSPS) is 14.2. The topological polar surface area (TPSA) is 60.2 Å². The van der Waals surface area contributed by atoms with Gasteiger partial charge in [-0.3, -0.25) is 9.36 Å². The molecule has 156 valence electrons. The van der Waals surface area contributed by atoms with Gasteiger partial charge in [-0.15, -0.1) is 10.2 Å². The van der Waals surface area contributed by atoms with Crippen LogP contribution in [0.3, 0.4) is 0 Å². The van der Waals surface area contributed by atoms with E-state index >= 15 is 0 Å². The maximum Gasteiger partial charge on any atom is 0.233 e. The molecule has 1 saturated heterocycles. The van der Waals surface area contributed by atoms with Crippen molar-refractivity contribution in [3.63, 3.8) is 0 Å². The number of carbonyl (C=O) groups is 1. The number of hydrogen-bond donors (Lipinski definition) is 0. The van der Waals surface area contributed by atoms with E-state index in [2.05, 4.69) is 58.2 Å². The number of rotatable bonds is 5. The molecule has 0 saturated carbocycles. The molecule has 3 aromatic rings. The number of thioether (sulfide) groups is 1. The number of benzene rings is 2. The summed E-state index contributed by atoms with van der Waals surface area (Å²) in [5.41, 5.74) is 4.30. The number of hydrogen-bond acceptors (Lipinski definition) is 5. The molecule has 0 bridgehead atoms. The molecule has 4 rings (SSSR count). The van der Waals surface area contributed by atoms with Gasteiger partial charge in [0.05, 0.1) is 24.7 Å². The van der Waals surface area contributed by atoms with E-state index < -0.39 is 0 Å². The Morgan fingerprint density at radius 3 is 2.40 bits per heavy atom. The van der Waals surface area contributed by atoms with Crippen LogP contribution in [0.1, 0.15) is 11.1 Å². The first-order valence-corrected chi connectivity index (χ1v) is 11.6. The second-order valence-corrected chi connectivity index (χ2v) is 9.13. The van der Waals surface area contributed by atoms with Gasteiger partial charge in [0.2, 0.25) is 5.91 Å². The number of halogens is 1. The molecule has 6 nitrogen and oxygen atoms in total. The van der Waals surface area contributed by atoms with Gasteiger partial charge in [0.15, 0.2) is 11.0 Å². The minimum absolute atomic E-state index is 0.100. The monoisotopic (exact) mass is 486 g/mol. The molecule has 30 heavy (non-hydrogen) atoms. The Kier molecular flexibility index (Phi) is 6.55. The molecule has 0 radical (unpaired) electrons. The zero-order valence-corrected chi connectivity index (χ0v) is 19.4. The van der Waals surface area contributed by atoms with Crippen LogP contribution in [-0.2, 0) is 9.53 Å². The first kappa shape index (κ1) is 21.1. The quantitative estimate of drug-likeness (QED) is 0.504. The van der Waals surface area contributed by atoms with Crippen LogP contribution < -0.4 is 0 Å². The Hall–Kier alpha value is -2.16. The smallest absolute Gasteiger partial charge is 0.233 e. The van der Waals surface area contributed by atoms with Crippen LogP contribution in [0.15, 0.2) is 52.1 Å². The Labute approximate surface area is 188 Å². The molecule has 2 heterocycles. The lowest BCUT2D eigenvalue weighted by Gasteiger charge is -2.26. The highest BCUT2D eigenvalue weighted by Gasteiger charge is 2.21. The predicted octanol–water partition coefficient (Wildman–Crippen LogP) is 4.26. The van der Waals surface area contributed by atoms with Crippen molar-refractivity contribution in [2.24, 2.45) is 0 Å². The number of aryl methyl sites for hydroxylation is 2. The average Bonchev–Trinajstić information content (AvgIpc) is 3.16. The predicted molar refractivity (Wildman–Crippen MR) is 122 cm³/mol. The van der Waals surface area contributed by atoms with Gasteiger partial charge < -0.3 is 9.64 Å².